The van der Waals surface area contributed by atoms with Crippen LogP contribution in [0.15, 0.2) is 40.9 Å². The van der Waals surface area contributed by atoms with E-state index >= 15 is 0 Å². The maximum atomic E-state index is 13.2. The molecule has 2 aromatic rings. The van der Waals surface area contributed by atoms with Crippen LogP contribution in [-0.2, 0) is 0 Å². The molecule has 1 unspecified atom stereocenters. The summed E-state index contributed by atoms with van der Waals surface area (Å²) in [5.41, 5.74) is 7.19. The molecule has 2 rings (SSSR count). The van der Waals surface area contributed by atoms with E-state index in [-0.39, 0.29) is 0 Å². The first kappa shape index (κ1) is 14.9. The maximum Gasteiger partial charge on any atom is 0.126 e. The van der Waals surface area contributed by atoms with E-state index in [2.05, 4.69) is 15.9 Å². The summed E-state index contributed by atoms with van der Waals surface area (Å²) in [7, 11) is 0. The smallest absolute Gasteiger partial charge is 0.126 e. The van der Waals surface area contributed by atoms with Crippen LogP contribution in [0.4, 0.5) is 8.78 Å². The summed E-state index contributed by atoms with van der Waals surface area (Å²) in [6.45, 7) is 2.45. The SMILES string of the molecule is CCOc1ccc(C(N)c2cc(F)cc(F)c2)c(Br)c1. The van der Waals surface area contributed by atoms with Gasteiger partial charge in [-0.05, 0) is 42.3 Å². The largest absolute Gasteiger partial charge is 0.494 e. The molecule has 0 aliphatic heterocycles. The highest BCUT2D eigenvalue weighted by atomic mass is 79.9. The van der Waals surface area contributed by atoms with Crippen LogP contribution in [-0.4, -0.2) is 6.61 Å². The van der Waals surface area contributed by atoms with Gasteiger partial charge in [0, 0.05) is 10.5 Å². The normalized spacial score (nSPS) is 12.2. The monoisotopic (exact) mass is 341 g/mol. The highest BCUT2D eigenvalue weighted by Crippen LogP contribution is 2.30. The zero-order valence-corrected chi connectivity index (χ0v) is 12.5. The van der Waals surface area contributed by atoms with Crippen molar-refractivity contribution in [2.24, 2.45) is 5.73 Å². The Morgan fingerprint density at radius 1 is 1.15 bits per heavy atom. The van der Waals surface area contributed by atoms with Gasteiger partial charge in [-0.15, -0.1) is 0 Å². The van der Waals surface area contributed by atoms with Crippen molar-refractivity contribution in [2.75, 3.05) is 6.61 Å². The first-order valence-electron chi connectivity index (χ1n) is 6.15. The van der Waals surface area contributed by atoms with E-state index in [1.165, 1.54) is 12.1 Å². The number of halogens is 3. The average molecular weight is 342 g/mol. The van der Waals surface area contributed by atoms with Gasteiger partial charge in [-0.2, -0.15) is 0 Å². The van der Waals surface area contributed by atoms with Crippen LogP contribution in [0, 0.1) is 11.6 Å². The molecule has 20 heavy (non-hydrogen) atoms. The molecule has 0 amide bonds. The second-order valence-corrected chi connectivity index (χ2v) is 5.15. The molecule has 0 aromatic heterocycles. The first-order chi connectivity index (χ1) is 9.51. The summed E-state index contributed by atoms with van der Waals surface area (Å²) < 4.78 is 32.6. The fourth-order valence-electron chi connectivity index (χ4n) is 1.95. The fourth-order valence-corrected chi connectivity index (χ4v) is 2.56. The molecule has 2 N–H and O–H groups in total. The summed E-state index contributed by atoms with van der Waals surface area (Å²) in [4.78, 5) is 0. The van der Waals surface area contributed by atoms with Gasteiger partial charge in [0.1, 0.15) is 17.4 Å². The molecular formula is C15H14BrF2NO. The molecule has 0 saturated carbocycles. The Labute approximate surface area is 124 Å². The minimum absolute atomic E-state index is 0.382. The van der Waals surface area contributed by atoms with Crippen molar-refractivity contribution in [2.45, 2.75) is 13.0 Å². The van der Waals surface area contributed by atoms with Gasteiger partial charge in [0.25, 0.3) is 0 Å². The van der Waals surface area contributed by atoms with Crippen molar-refractivity contribution in [1.29, 1.82) is 0 Å². The van der Waals surface area contributed by atoms with Gasteiger partial charge in [0.05, 0.1) is 12.6 Å². The number of hydrogen-bond acceptors (Lipinski definition) is 2. The van der Waals surface area contributed by atoms with E-state index in [1.54, 1.807) is 18.2 Å². The van der Waals surface area contributed by atoms with E-state index in [0.717, 1.165) is 16.1 Å². The summed E-state index contributed by atoms with van der Waals surface area (Å²) in [6, 6.07) is 8.01. The topological polar surface area (TPSA) is 35.2 Å². The lowest BCUT2D eigenvalue weighted by atomic mass is 9.99. The third-order valence-electron chi connectivity index (χ3n) is 2.86. The Morgan fingerprint density at radius 3 is 2.35 bits per heavy atom. The van der Waals surface area contributed by atoms with Crippen molar-refractivity contribution in [3.05, 3.63) is 63.6 Å². The van der Waals surface area contributed by atoms with Crippen molar-refractivity contribution < 1.29 is 13.5 Å². The number of ether oxygens (including phenoxy) is 1. The Hall–Kier alpha value is -1.46. The summed E-state index contributed by atoms with van der Waals surface area (Å²) in [5.74, 6) is -0.573. The molecule has 1 atom stereocenters. The Morgan fingerprint density at radius 2 is 1.80 bits per heavy atom. The highest BCUT2D eigenvalue weighted by Gasteiger charge is 2.15. The molecule has 106 valence electrons. The molecule has 2 nitrogen and oxygen atoms in total. The fraction of sp³-hybridized carbons (Fsp3) is 0.200. The van der Waals surface area contributed by atoms with E-state index < -0.39 is 17.7 Å². The highest BCUT2D eigenvalue weighted by molar-refractivity contribution is 9.10. The lowest BCUT2D eigenvalue weighted by Crippen LogP contribution is -2.13. The van der Waals surface area contributed by atoms with Crippen LogP contribution in [0.3, 0.4) is 0 Å². The van der Waals surface area contributed by atoms with Crippen molar-refractivity contribution in [3.8, 4) is 5.75 Å². The molecular weight excluding hydrogens is 328 g/mol. The lowest BCUT2D eigenvalue weighted by Gasteiger charge is -2.16. The van der Waals surface area contributed by atoms with E-state index in [0.29, 0.717) is 17.9 Å². The minimum atomic E-state index is -0.641. The Balaban J connectivity index is 2.35. The molecule has 0 aliphatic carbocycles. The standard InChI is InChI=1S/C15H14BrF2NO/c1-2-20-12-3-4-13(14(16)8-12)15(19)9-5-10(17)7-11(18)6-9/h3-8,15H,2,19H2,1H3. The van der Waals surface area contributed by atoms with Crippen LogP contribution in [0.25, 0.3) is 0 Å². The minimum Gasteiger partial charge on any atom is -0.494 e. The van der Waals surface area contributed by atoms with E-state index in [1.807, 2.05) is 6.92 Å². The van der Waals surface area contributed by atoms with E-state index in [9.17, 15) is 8.78 Å². The molecule has 0 fully saturated rings. The molecule has 0 saturated heterocycles. The zero-order valence-electron chi connectivity index (χ0n) is 10.9. The third kappa shape index (κ3) is 3.35. The summed E-state index contributed by atoms with van der Waals surface area (Å²) in [5, 5.41) is 0. The number of nitrogens with two attached hydrogens (primary N) is 1. The number of benzene rings is 2. The zero-order chi connectivity index (χ0) is 14.7. The molecule has 0 bridgehead atoms. The molecule has 0 spiro atoms. The van der Waals surface area contributed by atoms with Gasteiger partial charge in [0.15, 0.2) is 0 Å². The van der Waals surface area contributed by atoms with Crippen molar-refractivity contribution in [3.63, 3.8) is 0 Å². The average Bonchev–Trinajstić information content (AvgIpc) is 2.37. The van der Waals surface area contributed by atoms with E-state index in [4.69, 9.17) is 10.5 Å². The predicted molar refractivity (Wildman–Crippen MR) is 77.7 cm³/mol. The summed E-state index contributed by atoms with van der Waals surface area (Å²) >= 11 is 3.40. The van der Waals surface area contributed by atoms with Gasteiger partial charge in [-0.3, -0.25) is 0 Å². The number of hydrogen-bond donors (Lipinski definition) is 1. The van der Waals surface area contributed by atoms with Gasteiger partial charge in [0.2, 0.25) is 0 Å². The van der Waals surface area contributed by atoms with Crippen LogP contribution in [0.5, 0.6) is 5.75 Å². The maximum absolute atomic E-state index is 13.2. The van der Waals surface area contributed by atoms with Gasteiger partial charge in [-0.1, -0.05) is 22.0 Å². The van der Waals surface area contributed by atoms with Gasteiger partial charge in [-0.25, -0.2) is 8.78 Å². The second-order valence-electron chi connectivity index (χ2n) is 4.30. The van der Waals surface area contributed by atoms with Crippen molar-refractivity contribution >= 4 is 15.9 Å². The van der Waals surface area contributed by atoms with Crippen molar-refractivity contribution in [1.82, 2.24) is 0 Å². The molecule has 2 aromatic carbocycles. The molecule has 0 radical (unpaired) electrons. The molecule has 5 heteroatoms. The van der Waals surface area contributed by atoms with Crippen LogP contribution in [0.1, 0.15) is 24.1 Å². The van der Waals surface area contributed by atoms with Crippen LogP contribution < -0.4 is 10.5 Å². The predicted octanol–water partition coefficient (Wildman–Crippen LogP) is 4.17. The van der Waals surface area contributed by atoms with Gasteiger partial charge >= 0.3 is 0 Å². The third-order valence-corrected chi connectivity index (χ3v) is 3.55. The molecule has 0 aliphatic rings. The van der Waals surface area contributed by atoms with Crippen LogP contribution in [0.2, 0.25) is 0 Å². The Bertz CT molecular complexity index is 599. The first-order valence-corrected chi connectivity index (χ1v) is 6.94. The second kappa shape index (κ2) is 6.33. The van der Waals surface area contributed by atoms with Crippen LogP contribution >= 0.6 is 15.9 Å². The quantitative estimate of drug-likeness (QED) is 0.905. The molecule has 0 heterocycles. The summed E-state index contributed by atoms with van der Waals surface area (Å²) in [6.07, 6.45) is 0. The van der Waals surface area contributed by atoms with Gasteiger partial charge < -0.3 is 10.5 Å². The number of rotatable bonds is 4. The Kier molecular flexibility index (Phi) is 4.73. The lowest BCUT2D eigenvalue weighted by molar-refractivity contribution is 0.340.